The van der Waals surface area contributed by atoms with Crippen LogP contribution in [0.25, 0.3) is 0 Å². The number of nitrogens with zero attached hydrogens (tertiary/aromatic N) is 1. The van der Waals surface area contributed by atoms with E-state index in [-0.39, 0.29) is 12.1 Å². The second kappa shape index (κ2) is 6.33. The molecule has 0 aromatic carbocycles. The van der Waals surface area contributed by atoms with E-state index in [1.54, 1.807) is 11.9 Å². The Labute approximate surface area is 122 Å². The number of urea groups is 1. The summed E-state index contributed by atoms with van der Waals surface area (Å²) in [6.07, 6.45) is 6.79. The first-order valence-corrected chi connectivity index (χ1v) is 8.04. The van der Waals surface area contributed by atoms with Crippen LogP contribution in [0.15, 0.2) is 0 Å². The molecule has 0 radical (unpaired) electrons. The molecule has 2 N–H and O–H groups in total. The molecule has 116 valence electrons. The second-order valence-electron chi connectivity index (χ2n) is 7.58. The second-order valence-corrected chi connectivity index (χ2v) is 7.58. The first-order chi connectivity index (χ1) is 9.37. The fraction of sp³-hybridized carbons (Fsp3) is 0.938. The predicted molar refractivity (Wildman–Crippen MR) is 80.5 cm³/mol. The van der Waals surface area contributed by atoms with E-state index >= 15 is 0 Å². The third kappa shape index (κ3) is 4.65. The topological polar surface area (TPSA) is 52.6 Å². The minimum Gasteiger partial charge on any atom is -0.391 e. The van der Waals surface area contributed by atoms with Crippen molar-refractivity contribution in [3.63, 3.8) is 0 Å². The van der Waals surface area contributed by atoms with Crippen LogP contribution in [0.2, 0.25) is 0 Å². The molecular formula is C16H30N2O2. The number of nitrogens with one attached hydrogen (secondary N) is 1. The fourth-order valence-corrected chi connectivity index (χ4v) is 3.02. The molecule has 0 bridgehead atoms. The van der Waals surface area contributed by atoms with Crippen molar-refractivity contribution in [1.82, 2.24) is 10.2 Å². The van der Waals surface area contributed by atoms with Gasteiger partial charge in [0.25, 0.3) is 0 Å². The van der Waals surface area contributed by atoms with Gasteiger partial charge in [-0.1, -0.05) is 13.8 Å². The Morgan fingerprint density at radius 1 is 1.30 bits per heavy atom. The summed E-state index contributed by atoms with van der Waals surface area (Å²) < 4.78 is 0. The van der Waals surface area contributed by atoms with Crippen molar-refractivity contribution in [2.24, 2.45) is 17.3 Å². The lowest BCUT2D eigenvalue weighted by Crippen LogP contribution is -2.43. The highest BCUT2D eigenvalue weighted by Gasteiger charge is 2.31. The minimum atomic E-state index is -0.346. The maximum absolute atomic E-state index is 12.0. The highest BCUT2D eigenvalue weighted by Crippen LogP contribution is 2.37. The van der Waals surface area contributed by atoms with Gasteiger partial charge in [0.2, 0.25) is 0 Å². The molecule has 0 aromatic rings. The highest BCUT2D eigenvalue weighted by atomic mass is 16.3. The molecule has 2 fully saturated rings. The smallest absolute Gasteiger partial charge is 0.317 e. The van der Waals surface area contributed by atoms with E-state index in [9.17, 15) is 9.90 Å². The van der Waals surface area contributed by atoms with Crippen molar-refractivity contribution >= 4 is 6.03 Å². The SMILES string of the molecule is CN(CC(O)C1CC1)C(=O)NCC1CCC(C)(C)CC1. The first-order valence-electron chi connectivity index (χ1n) is 8.04. The summed E-state index contributed by atoms with van der Waals surface area (Å²) in [5, 5.41) is 12.9. The summed E-state index contributed by atoms with van der Waals surface area (Å²) in [5.41, 5.74) is 0.478. The number of hydrogen-bond donors (Lipinski definition) is 2. The highest BCUT2D eigenvalue weighted by molar-refractivity contribution is 5.73. The van der Waals surface area contributed by atoms with E-state index in [1.165, 1.54) is 25.7 Å². The van der Waals surface area contributed by atoms with E-state index in [0.29, 0.717) is 23.8 Å². The average Bonchev–Trinajstić information content (AvgIpc) is 3.21. The largest absolute Gasteiger partial charge is 0.391 e. The number of carbonyl (C=O) groups excluding carboxylic acids is 1. The average molecular weight is 282 g/mol. The molecule has 0 heterocycles. The molecule has 1 unspecified atom stereocenters. The Morgan fingerprint density at radius 3 is 2.45 bits per heavy atom. The van der Waals surface area contributed by atoms with Crippen LogP contribution in [-0.4, -0.2) is 42.3 Å². The molecule has 0 saturated heterocycles. The van der Waals surface area contributed by atoms with E-state index in [2.05, 4.69) is 19.2 Å². The zero-order valence-corrected chi connectivity index (χ0v) is 13.2. The van der Waals surface area contributed by atoms with Crippen LogP contribution < -0.4 is 5.32 Å². The van der Waals surface area contributed by atoms with Gasteiger partial charge in [0, 0.05) is 20.1 Å². The zero-order valence-electron chi connectivity index (χ0n) is 13.2. The van der Waals surface area contributed by atoms with Crippen molar-refractivity contribution in [2.75, 3.05) is 20.1 Å². The molecule has 0 spiro atoms. The molecule has 2 rings (SSSR count). The quantitative estimate of drug-likeness (QED) is 0.814. The van der Waals surface area contributed by atoms with Crippen LogP contribution in [0.4, 0.5) is 4.79 Å². The number of amides is 2. The van der Waals surface area contributed by atoms with Gasteiger partial charge in [0.1, 0.15) is 0 Å². The maximum Gasteiger partial charge on any atom is 0.317 e. The van der Waals surface area contributed by atoms with Gasteiger partial charge in [-0.05, 0) is 55.8 Å². The van der Waals surface area contributed by atoms with Gasteiger partial charge in [-0.2, -0.15) is 0 Å². The van der Waals surface area contributed by atoms with E-state index in [4.69, 9.17) is 0 Å². The molecule has 4 heteroatoms. The van der Waals surface area contributed by atoms with Crippen LogP contribution in [0.3, 0.4) is 0 Å². The van der Waals surface area contributed by atoms with Crippen LogP contribution in [0, 0.1) is 17.3 Å². The minimum absolute atomic E-state index is 0.0467. The Morgan fingerprint density at radius 2 is 1.90 bits per heavy atom. The number of aliphatic hydroxyl groups is 1. The lowest BCUT2D eigenvalue weighted by molar-refractivity contribution is 0.112. The Kier molecular flexibility index (Phi) is 4.95. The Hall–Kier alpha value is -0.770. The van der Waals surface area contributed by atoms with Crippen molar-refractivity contribution in [3.8, 4) is 0 Å². The Balaban J connectivity index is 1.64. The Bertz CT molecular complexity index is 329. The molecule has 0 aliphatic heterocycles. The zero-order chi connectivity index (χ0) is 14.8. The van der Waals surface area contributed by atoms with Crippen molar-refractivity contribution < 1.29 is 9.90 Å². The predicted octanol–water partition coefficient (Wildman–Crippen LogP) is 2.62. The van der Waals surface area contributed by atoms with E-state index < -0.39 is 0 Å². The van der Waals surface area contributed by atoms with Gasteiger partial charge < -0.3 is 15.3 Å². The molecule has 2 aliphatic rings. The summed E-state index contributed by atoms with van der Waals surface area (Å²) in [6, 6.07) is -0.0467. The van der Waals surface area contributed by atoms with Gasteiger partial charge in [0.05, 0.1) is 6.10 Å². The number of rotatable bonds is 5. The lowest BCUT2D eigenvalue weighted by atomic mass is 9.73. The van der Waals surface area contributed by atoms with Crippen molar-refractivity contribution in [3.05, 3.63) is 0 Å². The molecule has 1 atom stereocenters. The van der Waals surface area contributed by atoms with Crippen molar-refractivity contribution in [2.45, 2.75) is 58.5 Å². The molecule has 2 saturated carbocycles. The number of likely N-dealkylation sites (N-methyl/N-ethyl adjacent to an activating group) is 1. The lowest BCUT2D eigenvalue weighted by Gasteiger charge is -2.34. The van der Waals surface area contributed by atoms with Crippen LogP contribution in [0.5, 0.6) is 0 Å². The van der Waals surface area contributed by atoms with Gasteiger partial charge in [-0.15, -0.1) is 0 Å². The molecule has 2 aliphatic carbocycles. The molecule has 4 nitrogen and oxygen atoms in total. The molecular weight excluding hydrogens is 252 g/mol. The van der Waals surface area contributed by atoms with Crippen LogP contribution in [0.1, 0.15) is 52.4 Å². The molecule has 20 heavy (non-hydrogen) atoms. The standard InChI is InChI=1S/C16H30N2O2/c1-16(2)8-6-12(7-9-16)10-17-15(20)18(3)11-14(19)13-4-5-13/h12-14,19H,4-11H2,1-3H3,(H,17,20). The third-order valence-electron chi connectivity index (χ3n) is 4.97. The van der Waals surface area contributed by atoms with Crippen molar-refractivity contribution in [1.29, 1.82) is 0 Å². The molecule has 0 aromatic heterocycles. The number of carbonyl (C=O) groups is 1. The monoisotopic (exact) mass is 282 g/mol. The summed E-state index contributed by atoms with van der Waals surface area (Å²) in [7, 11) is 1.77. The van der Waals surface area contributed by atoms with Gasteiger partial charge in [0.15, 0.2) is 0 Å². The summed E-state index contributed by atoms with van der Waals surface area (Å²) in [4.78, 5) is 13.6. The number of aliphatic hydroxyl groups excluding tert-OH is 1. The van der Waals surface area contributed by atoms with E-state index in [1.807, 2.05) is 0 Å². The number of hydrogen-bond acceptors (Lipinski definition) is 2. The van der Waals surface area contributed by atoms with Gasteiger partial charge in [-0.3, -0.25) is 0 Å². The summed E-state index contributed by atoms with van der Waals surface area (Å²) in [6.45, 7) is 5.89. The maximum atomic E-state index is 12.0. The van der Waals surface area contributed by atoms with Gasteiger partial charge >= 0.3 is 6.03 Å². The normalized spacial score (nSPS) is 24.2. The van der Waals surface area contributed by atoms with Crippen LogP contribution >= 0.6 is 0 Å². The first kappa shape index (κ1) is 15.6. The third-order valence-corrected chi connectivity index (χ3v) is 4.97. The van der Waals surface area contributed by atoms with E-state index in [0.717, 1.165) is 19.4 Å². The fourth-order valence-electron chi connectivity index (χ4n) is 3.02. The van der Waals surface area contributed by atoms with Gasteiger partial charge in [-0.25, -0.2) is 4.79 Å². The molecule has 2 amide bonds. The summed E-state index contributed by atoms with van der Waals surface area (Å²) in [5.74, 6) is 1.04. The van der Waals surface area contributed by atoms with Crippen LogP contribution in [-0.2, 0) is 0 Å². The summed E-state index contributed by atoms with van der Waals surface area (Å²) >= 11 is 0.